The minimum atomic E-state index is 0.0144. The van der Waals surface area contributed by atoms with Crippen LogP contribution in [0, 0.1) is 5.92 Å². The van der Waals surface area contributed by atoms with E-state index in [0.717, 1.165) is 44.8 Å². The fraction of sp³-hybridized carbons (Fsp3) is 0.667. The zero-order valence-electron chi connectivity index (χ0n) is 16.4. The maximum Gasteiger partial charge on any atom is 0.254 e. The molecule has 1 heterocycles. The number of rotatable bonds is 9. The molecule has 0 unspecified atom stereocenters. The van der Waals surface area contributed by atoms with Crippen LogP contribution in [-0.2, 0) is 0 Å². The maximum absolute atomic E-state index is 13.0. The standard InChI is InChI=1S/C21H31ClN2O3/c1-3-11-27-20-18(22)12-16(13-19(20)26-4-2)21(25)24-9-7-17(8-10-24)23-14-15-5-6-15/h12-13,15,17,23H,3-11,14H2,1-2H3. The minimum absolute atomic E-state index is 0.0144. The van der Waals surface area contributed by atoms with Gasteiger partial charge in [0.1, 0.15) is 0 Å². The van der Waals surface area contributed by atoms with Gasteiger partial charge in [0.15, 0.2) is 11.5 Å². The van der Waals surface area contributed by atoms with E-state index in [0.29, 0.717) is 41.3 Å². The summed E-state index contributed by atoms with van der Waals surface area (Å²) in [4.78, 5) is 14.9. The van der Waals surface area contributed by atoms with Gasteiger partial charge in [0.25, 0.3) is 5.91 Å². The molecule has 0 bridgehead atoms. The molecule has 0 atom stereocenters. The lowest BCUT2D eigenvalue weighted by Crippen LogP contribution is -2.45. The Morgan fingerprint density at radius 1 is 1.19 bits per heavy atom. The number of nitrogens with one attached hydrogen (secondary N) is 1. The Hall–Kier alpha value is -1.46. The molecule has 1 aromatic carbocycles. The molecule has 1 N–H and O–H groups in total. The van der Waals surface area contributed by atoms with E-state index in [4.69, 9.17) is 21.1 Å². The van der Waals surface area contributed by atoms with E-state index < -0.39 is 0 Å². The molecule has 1 aliphatic carbocycles. The SMILES string of the molecule is CCCOc1c(Cl)cc(C(=O)N2CCC(NCC3CC3)CC2)cc1OCC. The molecule has 0 radical (unpaired) electrons. The van der Waals surface area contributed by atoms with Crippen molar-refractivity contribution in [3.63, 3.8) is 0 Å². The number of hydrogen-bond acceptors (Lipinski definition) is 4. The highest BCUT2D eigenvalue weighted by atomic mass is 35.5. The van der Waals surface area contributed by atoms with Gasteiger partial charge in [0, 0.05) is 24.7 Å². The van der Waals surface area contributed by atoms with Crippen molar-refractivity contribution in [1.82, 2.24) is 10.2 Å². The molecule has 6 heteroatoms. The van der Waals surface area contributed by atoms with Crippen LogP contribution in [0.1, 0.15) is 56.3 Å². The topological polar surface area (TPSA) is 50.8 Å². The first-order valence-electron chi connectivity index (χ1n) is 10.2. The Morgan fingerprint density at radius 2 is 1.93 bits per heavy atom. The number of nitrogens with zero attached hydrogens (tertiary/aromatic N) is 1. The number of amides is 1. The molecular formula is C21H31ClN2O3. The average molecular weight is 395 g/mol. The maximum atomic E-state index is 13.0. The summed E-state index contributed by atoms with van der Waals surface area (Å²) in [6.45, 7) is 7.68. The van der Waals surface area contributed by atoms with Gasteiger partial charge < -0.3 is 19.7 Å². The molecule has 1 saturated heterocycles. The van der Waals surface area contributed by atoms with Crippen LogP contribution in [0.25, 0.3) is 0 Å². The smallest absolute Gasteiger partial charge is 0.254 e. The normalized spacial score (nSPS) is 17.8. The van der Waals surface area contributed by atoms with Crippen LogP contribution in [0.3, 0.4) is 0 Å². The molecule has 0 spiro atoms. The number of carbonyl (C=O) groups is 1. The molecule has 1 amide bonds. The van der Waals surface area contributed by atoms with Gasteiger partial charge in [-0.1, -0.05) is 18.5 Å². The van der Waals surface area contributed by atoms with E-state index in [-0.39, 0.29) is 5.91 Å². The molecule has 3 rings (SSSR count). The van der Waals surface area contributed by atoms with E-state index in [9.17, 15) is 4.79 Å². The fourth-order valence-electron chi connectivity index (χ4n) is 3.42. The van der Waals surface area contributed by atoms with E-state index >= 15 is 0 Å². The monoisotopic (exact) mass is 394 g/mol. The zero-order chi connectivity index (χ0) is 19.2. The van der Waals surface area contributed by atoms with Crippen molar-refractivity contribution < 1.29 is 14.3 Å². The number of hydrogen-bond donors (Lipinski definition) is 1. The molecule has 1 aliphatic heterocycles. The second-order valence-electron chi connectivity index (χ2n) is 7.48. The van der Waals surface area contributed by atoms with E-state index in [1.54, 1.807) is 12.1 Å². The highest BCUT2D eigenvalue weighted by Crippen LogP contribution is 2.37. The third kappa shape index (κ3) is 5.52. The van der Waals surface area contributed by atoms with Gasteiger partial charge in [-0.2, -0.15) is 0 Å². The Kier molecular flexibility index (Phi) is 7.25. The van der Waals surface area contributed by atoms with Gasteiger partial charge in [-0.25, -0.2) is 0 Å². The van der Waals surface area contributed by atoms with Crippen LogP contribution in [0.4, 0.5) is 0 Å². The Bertz CT molecular complexity index is 641. The number of piperidine rings is 1. The van der Waals surface area contributed by atoms with Crippen molar-refractivity contribution in [2.45, 2.75) is 52.0 Å². The van der Waals surface area contributed by atoms with Crippen molar-refractivity contribution in [2.24, 2.45) is 5.92 Å². The highest BCUT2D eigenvalue weighted by molar-refractivity contribution is 6.32. The summed E-state index contributed by atoms with van der Waals surface area (Å²) in [6, 6.07) is 4.00. The Morgan fingerprint density at radius 3 is 2.56 bits per heavy atom. The van der Waals surface area contributed by atoms with Crippen LogP contribution in [-0.4, -0.2) is 49.7 Å². The molecule has 0 aromatic heterocycles. The van der Waals surface area contributed by atoms with Gasteiger partial charge in [-0.05, 0) is 63.6 Å². The third-order valence-corrected chi connectivity index (χ3v) is 5.46. The predicted molar refractivity (Wildman–Crippen MR) is 108 cm³/mol. The second kappa shape index (κ2) is 9.65. The number of carbonyl (C=O) groups excluding carboxylic acids is 1. The number of halogens is 1. The lowest BCUT2D eigenvalue weighted by atomic mass is 10.0. The van der Waals surface area contributed by atoms with Crippen molar-refractivity contribution in [1.29, 1.82) is 0 Å². The lowest BCUT2D eigenvalue weighted by Gasteiger charge is -2.32. The van der Waals surface area contributed by atoms with Crippen molar-refractivity contribution in [3.05, 3.63) is 22.7 Å². The van der Waals surface area contributed by atoms with Crippen LogP contribution >= 0.6 is 11.6 Å². The van der Waals surface area contributed by atoms with E-state index in [1.165, 1.54) is 12.8 Å². The van der Waals surface area contributed by atoms with Crippen LogP contribution in [0.15, 0.2) is 12.1 Å². The van der Waals surface area contributed by atoms with Gasteiger partial charge in [-0.3, -0.25) is 4.79 Å². The lowest BCUT2D eigenvalue weighted by molar-refractivity contribution is 0.0704. The fourth-order valence-corrected chi connectivity index (χ4v) is 3.69. The molecule has 27 heavy (non-hydrogen) atoms. The summed E-state index contributed by atoms with van der Waals surface area (Å²) in [6.07, 6.45) is 5.62. The molecule has 1 aromatic rings. The number of likely N-dealkylation sites (tertiary alicyclic amines) is 1. The quantitative estimate of drug-likeness (QED) is 0.684. The Labute approximate surface area is 167 Å². The average Bonchev–Trinajstić information content (AvgIpc) is 3.50. The molecule has 150 valence electrons. The largest absolute Gasteiger partial charge is 0.490 e. The second-order valence-corrected chi connectivity index (χ2v) is 7.89. The molecule has 5 nitrogen and oxygen atoms in total. The van der Waals surface area contributed by atoms with Crippen molar-refractivity contribution in [2.75, 3.05) is 32.8 Å². The summed E-state index contributed by atoms with van der Waals surface area (Å²) < 4.78 is 11.4. The van der Waals surface area contributed by atoms with Crippen LogP contribution < -0.4 is 14.8 Å². The van der Waals surface area contributed by atoms with E-state index in [2.05, 4.69) is 5.32 Å². The summed E-state index contributed by atoms with van der Waals surface area (Å²) in [7, 11) is 0. The third-order valence-electron chi connectivity index (χ3n) is 5.18. The first kappa shape index (κ1) is 20.3. The minimum Gasteiger partial charge on any atom is -0.490 e. The van der Waals surface area contributed by atoms with Gasteiger partial charge in [-0.15, -0.1) is 0 Å². The predicted octanol–water partition coefficient (Wildman–Crippen LogP) is 4.13. The first-order valence-corrected chi connectivity index (χ1v) is 10.6. The van der Waals surface area contributed by atoms with Gasteiger partial charge in [0.2, 0.25) is 0 Å². The molecule has 2 aliphatic rings. The van der Waals surface area contributed by atoms with Crippen molar-refractivity contribution >= 4 is 17.5 Å². The van der Waals surface area contributed by atoms with Gasteiger partial charge >= 0.3 is 0 Å². The van der Waals surface area contributed by atoms with Crippen molar-refractivity contribution in [3.8, 4) is 11.5 Å². The molecule has 1 saturated carbocycles. The summed E-state index contributed by atoms with van der Waals surface area (Å²) >= 11 is 6.40. The first-order chi connectivity index (χ1) is 13.1. The summed E-state index contributed by atoms with van der Waals surface area (Å²) in [5.74, 6) is 1.97. The number of benzene rings is 1. The highest BCUT2D eigenvalue weighted by Gasteiger charge is 2.27. The van der Waals surface area contributed by atoms with Crippen LogP contribution in [0.5, 0.6) is 11.5 Å². The molecular weight excluding hydrogens is 364 g/mol. The summed E-state index contributed by atoms with van der Waals surface area (Å²) in [5, 5.41) is 4.08. The molecule has 2 fully saturated rings. The summed E-state index contributed by atoms with van der Waals surface area (Å²) in [5.41, 5.74) is 0.566. The van der Waals surface area contributed by atoms with Gasteiger partial charge in [0.05, 0.1) is 18.2 Å². The van der Waals surface area contributed by atoms with E-state index in [1.807, 2.05) is 18.7 Å². The Balaban J connectivity index is 1.63. The number of ether oxygens (including phenoxy) is 2. The zero-order valence-corrected chi connectivity index (χ0v) is 17.2. The van der Waals surface area contributed by atoms with Crippen LogP contribution in [0.2, 0.25) is 5.02 Å².